The molecule has 0 unspecified atom stereocenters. The summed E-state index contributed by atoms with van der Waals surface area (Å²) in [5, 5.41) is 4.61. The van der Waals surface area contributed by atoms with Crippen molar-refractivity contribution in [1.29, 1.82) is 0 Å². The third kappa shape index (κ3) is 4.17. The number of carbonyl (C=O) groups is 1. The number of hydrogen-bond acceptors (Lipinski definition) is 3. The standard InChI is InChI=1S/C16H27N3O/c1-3-18(4-2)13-16(20)12-14-10-11-19(17-14)15-8-6-5-7-9-15/h10-11,15H,3-9,12-13H2,1-2H3. The van der Waals surface area contributed by atoms with Gasteiger partial charge >= 0.3 is 0 Å². The highest BCUT2D eigenvalue weighted by molar-refractivity contribution is 5.82. The van der Waals surface area contributed by atoms with Gasteiger partial charge in [0.1, 0.15) is 0 Å². The van der Waals surface area contributed by atoms with Crippen LogP contribution in [0.5, 0.6) is 0 Å². The minimum atomic E-state index is 0.266. The second-order valence-corrected chi connectivity index (χ2v) is 5.76. The Morgan fingerprint density at radius 2 is 2.00 bits per heavy atom. The maximum absolute atomic E-state index is 12.0. The fourth-order valence-electron chi connectivity index (χ4n) is 2.98. The van der Waals surface area contributed by atoms with Crippen molar-refractivity contribution < 1.29 is 4.79 Å². The topological polar surface area (TPSA) is 38.1 Å². The van der Waals surface area contributed by atoms with E-state index in [-0.39, 0.29) is 5.78 Å². The monoisotopic (exact) mass is 277 g/mol. The largest absolute Gasteiger partial charge is 0.298 e. The van der Waals surface area contributed by atoms with Gasteiger partial charge < -0.3 is 0 Å². The van der Waals surface area contributed by atoms with Crippen LogP contribution in [0.1, 0.15) is 57.7 Å². The molecule has 1 fully saturated rings. The number of likely N-dealkylation sites (N-methyl/N-ethyl adjacent to an activating group) is 1. The summed E-state index contributed by atoms with van der Waals surface area (Å²) >= 11 is 0. The molecule has 0 N–H and O–H groups in total. The average molecular weight is 277 g/mol. The summed E-state index contributed by atoms with van der Waals surface area (Å²) in [4.78, 5) is 14.2. The highest BCUT2D eigenvalue weighted by Crippen LogP contribution is 2.27. The molecular weight excluding hydrogens is 250 g/mol. The van der Waals surface area contributed by atoms with Gasteiger partial charge in [0, 0.05) is 6.20 Å². The predicted molar refractivity (Wildman–Crippen MR) is 80.8 cm³/mol. The van der Waals surface area contributed by atoms with Crippen LogP contribution in [0.3, 0.4) is 0 Å². The molecular formula is C16H27N3O. The fourth-order valence-corrected chi connectivity index (χ4v) is 2.98. The van der Waals surface area contributed by atoms with E-state index < -0.39 is 0 Å². The van der Waals surface area contributed by atoms with Crippen molar-refractivity contribution in [2.45, 2.75) is 58.4 Å². The zero-order valence-electron chi connectivity index (χ0n) is 12.8. The van der Waals surface area contributed by atoms with Gasteiger partial charge in [-0.2, -0.15) is 5.10 Å². The van der Waals surface area contributed by atoms with E-state index in [4.69, 9.17) is 0 Å². The molecule has 0 spiro atoms. The van der Waals surface area contributed by atoms with Crippen molar-refractivity contribution >= 4 is 5.78 Å². The van der Waals surface area contributed by atoms with Crippen LogP contribution >= 0.6 is 0 Å². The molecule has 0 amide bonds. The van der Waals surface area contributed by atoms with Gasteiger partial charge in [0.2, 0.25) is 0 Å². The molecule has 4 nitrogen and oxygen atoms in total. The van der Waals surface area contributed by atoms with E-state index in [1.807, 2.05) is 6.07 Å². The van der Waals surface area contributed by atoms with Crippen LogP contribution in [0.2, 0.25) is 0 Å². The van der Waals surface area contributed by atoms with Crippen molar-refractivity contribution in [3.05, 3.63) is 18.0 Å². The third-order valence-corrected chi connectivity index (χ3v) is 4.29. The molecule has 1 aliphatic carbocycles. The van der Waals surface area contributed by atoms with Crippen LogP contribution < -0.4 is 0 Å². The fraction of sp³-hybridized carbons (Fsp3) is 0.750. The molecule has 0 saturated heterocycles. The SMILES string of the molecule is CCN(CC)CC(=O)Cc1ccn(C2CCCCC2)n1. The van der Waals surface area contributed by atoms with Gasteiger partial charge in [-0.05, 0) is 32.0 Å². The molecule has 2 rings (SSSR count). The Labute approximate surface area is 122 Å². The maximum Gasteiger partial charge on any atom is 0.152 e. The molecule has 0 aromatic carbocycles. The van der Waals surface area contributed by atoms with Crippen LogP contribution in [0.25, 0.3) is 0 Å². The summed E-state index contributed by atoms with van der Waals surface area (Å²) in [6.45, 7) is 6.59. The average Bonchev–Trinajstić information content (AvgIpc) is 2.94. The van der Waals surface area contributed by atoms with E-state index in [1.165, 1.54) is 32.1 Å². The first-order valence-corrected chi connectivity index (χ1v) is 8.01. The normalized spacial score (nSPS) is 16.8. The summed E-state index contributed by atoms with van der Waals surface area (Å²) in [5.41, 5.74) is 0.924. The summed E-state index contributed by atoms with van der Waals surface area (Å²) in [6, 6.07) is 2.56. The van der Waals surface area contributed by atoms with E-state index in [9.17, 15) is 4.79 Å². The third-order valence-electron chi connectivity index (χ3n) is 4.29. The molecule has 0 atom stereocenters. The van der Waals surface area contributed by atoms with Crippen molar-refractivity contribution in [2.75, 3.05) is 19.6 Å². The number of aromatic nitrogens is 2. The Kier molecular flexibility index (Phi) is 5.77. The van der Waals surface area contributed by atoms with Gasteiger partial charge in [0.25, 0.3) is 0 Å². The number of hydrogen-bond donors (Lipinski definition) is 0. The van der Waals surface area contributed by atoms with Crippen molar-refractivity contribution in [3.8, 4) is 0 Å². The van der Waals surface area contributed by atoms with Crippen molar-refractivity contribution in [2.24, 2.45) is 0 Å². The Balaban J connectivity index is 1.87. The minimum Gasteiger partial charge on any atom is -0.298 e. The lowest BCUT2D eigenvalue weighted by Gasteiger charge is -2.21. The number of carbonyl (C=O) groups excluding carboxylic acids is 1. The Morgan fingerprint density at radius 3 is 2.65 bits per heavy atom. The molecule has 1 heterocycles. The quantitative estimate of drug-likeness (QED) is 0.769. The highest BCUT2D eigenvalue weighted by Gasteiger charge is 2.17. The van der Waals surface area contributed by atoms with Crippen LogP contribution in [0.15, 0.2) is 12.3 Å². The zero-order chi connectivity index (χ0) is 14.4. The summed E-state index contributed by atoms with van der Waals surface area (Å²) < 4.78 is 2.08. The highest BCUT2D eigenvalue weighted by atomic mass is 16.1. The number of Topliss-reactive ketones (excluding diaryl/α,β-unsaturated/α-hetero) is 1. The molecule has 0 aliphatic heterocycles. The van der Waals surface area contributed by atoms with Crippen molar-refractivity contribution in [3.63, 3.8) is 0 Å². The van der Waals surface area contributed by atoms with Gasteiger partial charge in [0.05, 0.1) is 24.7 Å². The lowest BCUT2D eigenvalue weighted by molar-refractivity contribution is -0.119. The van der Waals surface area contributed by atoms with Gasteiger partial charge in [0.15, 0.2) is 5.78 Å². The van der Waals surface area contributed by atoms with E-state index in [0.29, 0.717) is 19.0 Å². The van der Waals surface area contributed by atoms with Crippen LogP contribution in [0, 0.1) is 0 Å². The summed E-state index contributed by atoms with van der Waals surface area (Å²) in [5.74, 6) is 0.266. The molecule has 112 valence electrons. The minimum absolute atomic E-state index is 0.266. The van der Waals surface area contributed by atoms with Crippen LogP contribution in [-0.2, 0) is 11.2 Å². The van der Waals surface area contributed by atoms with E-state index in [1.54, 1.807) is 0 Å². The first-order valence-electron chi connectivity index (χ1n) is 8.01. The first-order chi connectivity index (χ1) is 9.72. The molecule has 0 bridgehead atoms. The van der Waals surface area contributed by atoms with E-state index in [0.717, 1.165) is 18.8 Å². The zero-order valence-corrected chi connectivity index (χ0v) is 12.8. The molecule has 1 saturated carbocycles. The van der Waals surface area contributed by atoms with Gasteiger partial charge in [-0.3, -0.25) is 14.4 Å². The van der Waals surface area contributed by atoms with Crippen molar-refractivity contribution in [1.82, 2.24) is 14.7 Å². The second kappa shape index (κ2) is 7.58. The van der Waals surface area contributed by atoms with Gasteiger partial charge in [-0.1, -0.05) is 33.1 Å². The van der Waals surface area contributed by atoms with Crippen LogP contribution in [-0.4, -0.2) is 40.1 Å². The second-order valence-electron chi connectivity index (χ2n) is 5.76. The molecule has 0 radical (unpaired) electrons. The number of ketones is 1. The maximum atomic E-state index is 12.0. The Hall–Kier alpha value is -1.16. The van der Waals surface area contributed by atoms with Gasteiger partial charge in [-0.15, -0.1) is 0 Å². The van der Waals surface area contributed by atoms with Crippen LogP contribution in [0.4, 0.5) is 0 Å². The van der Waals surface area contributed by atoms with E-state index >= 15 is 0 Å². The Bertz CT molecular complexity index is 417. The van der Waals surface area contributed by atoms with E-state index in [2.05, 4.69) is 34.7 Å². The predicted octanol–water partition coefficient (Wildman–Crippen LogP) is 2.84. The number of nitrogens with zero attached hydrogens (tertiary/aromatic N) is 3. The molecule has 1 aromatic heterocycles. The first kappa shape index (κ1) is 15.2. The summed E-state index contributed by atoms with van der Waals surface area (Å²) in [6.07, 6.45) is 8.95. The molecule has 4 heteroatoms. The molecule has 20 heavy (non-hydrogen) atoms. The Morgan fingerprint density at radius 1 is 1.30 bits per heavy atom. The lowest BCUT2D eigenvalue weighted by atomic mass is 9.96. The number of rotatable bonds is 7. The lowest BCUT2D eigenvalue weighted by Crippen LogP contribution is -2.30. The molecule has 1 aliphatic rings. The van der Waals surface area contributed by atoms with Gasteiger partial charge in [-0.25, -0.2) is 0 Å². The smallest absolute Gasteiger partial charge is 0.152 e. The molecule has 1 aromatic rings. The summed E-state index contributed by atoms with van der Waals surface area (Å²) in [7, 11) is 0.